The second kappa shape index (κ2) is 10.9. The maximum atomic E-state index is 4.64. The maximum absolute atomic E-state index is 4.64. The molecule has 0 radical (unpaired) electrons. The number of hydrogen-bond acceptors (Lipinski definition) is 2. The van der Waals surface area contributed by atoms with E-state index in [0.717, 1.165) is 45.1 Å². The second-order valence-corrected chi connectivity index (χ2v) is 6.83. The van der Waals surface area contributed by atoms with E-state index in [1.165, 1.54) is 11.1 Å². The second-order valence-electron chi connectivity index (χ2n) is 6.83. The Balaban J connectivity index is 0.00000288. The van der Waals surface area contributed by atoms with Gasteiger partial charge in [0.1, 0.15) is 0 Å². The summed E-state index contributed by atoms with van der Waals surface area (Å²) in [6.45, 7) is 13.7. The number of hydrogen-bond donors (Lipinski definition) is 2. The van der Waals surface area contributed by atoms with Crippen LogP contribution < -0.4 is 10.6 Å². The lowest BCUT2D eigenvalue weighted by atomic mass is 9.99. The first-order valence-corrected chi connectivity index (χ1v) is 8.93. The number of fused-ring (bicyclic) bond motifs is 1. The highest BCUT2D eigenvalue weighted by Crippen LogP contribution is 2.19. The third kappa shape index (κ3) is 6.59. The minimum Gasteiger partial charge on any atom is -0.357 e. The molecule has 5 heteroatoms. The molecule has 1 aromatic carbocycles. The Hall–Kier alpha value is -0.820. The molecule has 0 aromatic heterocycles. The van der Waals surface area contributed by atoms with Crippen LogP contribution in [0.25, 0.3) is 0 Å². The normalized spacial score (nSPS) is 16.3. The quantitative estimate of drug-likeness (QED) is 0.402. The van der Waals surface area contributed by atoms with E-state index < -0.39 is 0 Å². The molecule has 1 atom stereocenters. The average Bonchev–Trinajstić information content (AvgIpc) is 2.56. The van der Waals surface area contributed by atoms with Crippen molar-refractivity contribution >= 4 is 29.9 Å². The van der Waals surface area contributed by atoms with E-state index in [9.17, 15) is 0 Å². The first-order valence-electron chi connectivity index (χ1n) is 8.93. The molecule has 2 N–H and O–H groups in total. The molecule has 1 heterocycles. The molecule has 0 amide bonds. The number of halogens is 1. The van der Waals surface area contributed by atoms with Crippen LogP contribution in [0.15, 0.2) is 29.3 Å². The Labute approximate surface area is 164 Å². The van der Waals surface area contributed by atoms with Gasteiger partial charge in [0.15, 0.2) is 5.96 Å². The van der Waals surface area contributed by atoms with Crippen molar-refractivity contribution in [3.05, 3.63) is 35.4 Å². The summed E-state index contributed by atoms with van der Waals surface area (Å²) in [5, 5.41) is 6.83. The molecule has 0 saturated carbocycles. The fourth-order valence-electron chi connectivity index (χ4n) is 2.88. The Morgan fingerprint density at radius 2 is 1.88 bits per heavy atom. The largest absolute Gasteiger partial charge is 0.357 e. The number of rotatable bonds is 6. The fraction of sp³-hybridized carbons (Fsp3) is 0.632. The molecule has 1 aliphatic heterocycles. The van der Waals surface area contributed by atoms with Crippen molar-refractivity contribution in [2.75, 3.05) is 26.2 Å². The van der Waals surface area contributed by atoms with E-state index in [1.54, 1.807) is 0 Å². The van der Waals surface area contributed by atoms with E-state index >= 15 is 0 Å². The third-order valence-corrected chi connectivity index (χ3v) is 4.31. The molecule has 0 spiro atoms. The van der Waals surface area contributed by atoms with E-state index in [-0.39, 0.29) is 24.0 Å². The van der Waals surface area contributed by atoms with Crippen LogP contribution in [0.3, 0.4) is 0 Å². The molecule has 2 rings (SSSR count). The van der Waals surface area contributed by atoms with Crippen molar-refractivity contribution in [2.24, 2.45) is 10.9 Å². The Morgan fingerprint density at radius 1 is 1.17 bits per heavy atom. The number of guanidine groups is 1. The number of nitrogens with zero attached hydrogens (tertiary/aromatic N) is 2. The van der Waals surface area contributed by atoms with Gasteiger partial charge in [-0.15, -0.1) is 24.0 Å². The summed E-state index contributed by atoms with van der Waals surface area (Å²) in [6.07, 6.45) is 1.15. The SMILES string of the molecule is CCNC(=NCC(C)C)NCC(C)N1CCc2ccccc2C1.I. The van der Waals surface area contributed by atoms with Crippen molar-refractivity contribution in [1.82, 2.24) is 15.5 Å². The van der Waals surface area contributed by atoms with Gasteiger partial charge < -0.3 is 10.6 Å². The third-order valence-electron chi connectivity index (χ3n) is 4.31. The summed E-state index contributed by atoms with van der Waals surface area (Å²) in [5.74, 6) is 1.52. The van der Waals surface area contributed by atoms with Crippen LogP contribution in [0.5, 0.6) is 0 Å². The summed E-state index contributed by atoms with van der Waals surface area (Å²) in [6, 6.07) is 9.31. The van der Waals surface area contributed by atoms with Crippen molar-refractivity contribution in [1.29, 1.82) is 0 Å². The lowest BCUT2D eigenvalue weighted by Gasteiger charge is -2.34. The lowest BCUT2D eigenvalue weighted by molar-refractivity contribution is 0.191. The van der Waals surface area contributed by atoms with Crippen LogP contribution >= 0.6 is 24.0 Å². The summed E-state index contributed by atoms with van der Waals surface area (Å²) >= 11 is 0. The molecule has 1 aromatic rings. The van der Waals surface area contributed by atoms with Gasteiger partial charge in [-0.25, -0.2) is 0 Å². The van der Waals surface area contributed by atoms with Crippen LogP contribution in [-0.4, -0.2) is 43.1 Å². The zero-order chi connectivity index (χ0) is 16.7. The Kier molecular flexibility index (Phi) is 9.66. The lowest BCUT2D eigenvalue weighted by Crippen LogP contribution is -2.47. The van der Waals surface area contributed by atoms with Crippen molar-refractivity contribution < 1.29 is 0 Å². The van der Waals surface area contributed by atoms with Crippen molar-refractivity contribution in [3.63, 3.8) is 0 Å². The van der Waals surface area contributed by atoms with Gasteiger partial charge in [0.25, 0.3) is 0 Å². The minimum atomic E-state index is 0. The minimum absolute atomic E-state index is 0. The van der Waals surface area contributed by atoms with Gasteiger partial charge in [-0.3, -0.25) is 9.89 Å². The van der Waals surface area contributed by atoms with Crippen molar-refractivity contribution in [3.8, 4) is 0 Å². The van der Waals surface area contributed by atoms with Crippen LogP contribution in [0.1, 0.15) is 38.8 Å². The molecule has 0 saturated heterocycles. The van der Waals surface area contributed by atoms with Crippen molar-refractivity contribution in [2.45, 2.75) is 46.7 Å². The zero-order valence-corrected chi connectivity index (χ0v) is 17.8. The average molecular weight is 444 g/mol. The van der Waals surface area contributed by atoms with Gasteiger partial charge in [0, 0.05) is 38.8 Å². The molecule has 1 aliphatic rings. The van der Waals surface area contributed by atoms with E-state index in [0.29, 0.717) is 12.0 Å². The predicted molar refractivity (Wildman–Crippen MR) is 114 cm³/mol. The van der Waals surface area contributed by atoms with Gasteiger partial charge in [-0.2, -0.15) is 0 Å². The molecule has 136 valence electrons. The molecule has 24 heavy (non-hydrogen) atoms. The first-order chi connectivity index (χ1) is 11.1. The fourth-order valence-corrected chi connectivity index (χ4v) is 2.88. The molecule has 0 fully saturated rings. The van der Waals surface area contributed by atoms with E-state index in [4.69, 9.17) is 0 Å². The summed E-state index contributed by atoms with van der Waals surface area (Å²) in [5.41, 5.74) is 2.99. The molecular formula is C19H33IN4. The molecule has 4 nitrogen and oxygen atoms in total. The number of aliphatic imine (C=N–C) groups is 1. The van der Waals surface area contributed by atoms with E-state index in [2.05, 4.69) is 72.5 Å². The topological polar surface area (TPSA) is 39.7 Å². The van der Waals surface area contributed by atoms with E-state index in [1.807, 2.05) is 0 Å². The molecule has 0 bridgehead atoms. The summed E-state index contributed by atoms with van der Waals surface area (Å²) in [4.78, 5) is 7.20. The molecular weight excluding hydrogens is 411 g/mol. The van der Waals surface area contributed by atoms with Gasteiger partial charge >= 0.3 is 0 Å². The summed E-state index contributed by atoms with van der Waals surface area (Å²) in [7, 11) is 0. The van der Waals surface area contributed by atoms with Gasteiger partial charge in [0.05, 0.1) is 0 Å². The van der Waals surface area contributed by atoms with Crippen LogP contribution in [0, 0.1) is 5.92 Å². The maximum Gasteiger partial charge on any atom is 0.191 e. The number of benzene rings is 1. The van der Waals surface area contributed by atoms with Crippen LogP contribution in [-0.2, 0) is 13.0 Å². The van der Waals surface area contributed by atoms with Gasteiger partial charge in [0.2, 0.25) is 0 Å². The van der Waals surface area contributed by atoms with Crippen LogP contribution in [0.4, 0.5) is 0 Å². The Bertz CT molecular complexity index is 516. The molecule has 0 aliphatic carbocycles. The van der Waals surface area contributed by atoms with Gasteiger partial charge in [-0.1, -0.05) is 38.1 Å². The summed E-state index contributed by atoms with van der Waals surface area (Å²) < 4.78 is 0. The monoisotopic (exact) mass is 444 g/mol. The Morgan fingerprint density at radius 3 is 2.54 bits per heavy atom. The van der Waals surface area contributed by atoms with Crippen LogP contribution in [0.2, 0.25) is 0 Å². The predicted octanol–water partition coefficient (Wildman–Crippen LogP) is 3.26. The van der Waals surface area contributed by atoms with Gasteiger partial charge in [-0.05, 0) is 37.3 Å². The highest BCUT2D eigenvalue weighted by Gasteiger charge is 2.20. The zero-order valence-electron chi connectivity index (χ0n) is 15.5. The standard InChI is InChI=1S/C19H32N4.HI/c1-5-20-19(21-12-15(2)3)22-13-16(4)23-11-10-17-8-6-7-9-18(17)14-23;/h6-9,15-16H,5,10-14H2,1-4H3,(H2,20,21,22);1H. The highest BCUT2D eigenvalue weighted by molar-refractivity contribution is 14.0. The number of nitrogens with one attached hydrogen (secondary N) is 2. The highest BCUT2D eigenvalue weighted by atomic mass is 127. The molecule has 1 unspecified atom stereocenters. The first kappa shape index (κ1) is 21.2. The smallest absolute Gasteiger partial charge is 0.191 e.